The van der Waals surface area contributed by atoms with Crippen LogP contribution in [0.3, 0.4) is 0 Å². The lowest BCUT2D eigenvalue weighted by atomic mass is 10.2. The van der Waals surface area contributed by atoms with Crippen LogP contribution in [0.1, 0.15) is 15.2 Å². The largest absolute Gasteiger partial charge is 0.347 e. The maximum atomic E-state index is 13.4. The Balaban J connectivity index is 2.03. The highest BCUT2D eigenvalue weighted by Crippen LogP contribution is 2.15. The summed E-state index contributed by atoms with van der Waals surface area (Å²) in [5.41, 5.74) is 0.377. The van der Waals surface area contributed by atoms with Crippen molar-refractivity contribution in [1.29, 1.82) is 0 Å². The second kappa shape index (κ2) is 5.29. The van der Waals surface area contributed by atoms with Crippen LogP contribution in [0.4, 0.5) is 4.39 Å². The lowest BCUT2D eigenvalue weighted by molar-refractivity contribution is 0.0954. The number of amides is 1. The van der Waals surface area contributed by atoms with Crippen molar-refractivity contribution in [3.63, 3.8) is 0 Å². The Labute approximate surface area is 107 Å². The second-order valence-corrected chi connectivity index (χ2v) is 4.78. The molecule has 17 heavy (non-hydrogen) atoms. The van der Waals surface area contributed by atoms with Crippen LogP contribution in [0, 0.1) is 5.82 Å². The average Bonchev–Trinajstić information content (AvgIpc) is 2.83. The summed E-state index contributed by atoms with van der Waals surface area (Å²) in [6.45, 7) is 0.128. The number of hydrogen-bond donors (Lipinski definition) is 1. The van der Waals surface area contributed by atoms with E-state index >= 15 is 0 Å². The minimum absolute atomic E-state index is 0.128. The molecule has 0 radical (unpaired) electrons. The van der Waals surface area contributed by atoms with E-state index in [0.717, 1.165) is 0 Å². The topological polar surface area (TPSA) is 29.1 Å². The van der Waals surface area contributed by atoms with E-state index in [1.165, 1.54) is 29.5 Å². The molecule has 0 saturated heterocycles. The highest BCUT2D eigenvalue weighted by molar-refractivity contribution is 7.12. The third-order valence-electron chi connectivity index (χ3n) is 2.19. The van der Waals surface area contributed by atoms with Gasteiger partial charge in [0.15, 0.2) is 0 Å². The van der Waals surface area contributed by atoms with Crippen LogP contribution in [0.25, 0.3) is 0 Å². The fourth-order valence-corrected chi connectivity index (χ4v) is 2.18. The van der Waals surface area contributed by atoms with Gasteiger partial charge in [0.2, 0.25) is 0 Å². The number of nitrogens with one attached hydrogen (secondary N) is 1. The zero-order chi connectivity index (χ0) is 12.3. The van der Waals surface area contributed by atoms with Crippen LogP contribution in [-0.4, -0.2) is 5.91 Å². The molecule has 2 rings (SSSR count). The Bertz CT molecular complexity index is 527. The van der Waals surface area contributed by atoms with E-state index in [1.54, 1.807) is 12.1 Å². The zero-order valence-corrected chi connectivity index (χ0v) is 10.3. The Morgan fingerprint density at radius 2 is 2.24 bits per heavy atom. The van der Waals surface area contributed by atoms with E-state index in [2.05, 4.69) is 5.32 Å². The number of halogens is 2. The van der Waals surface area contributed by atoms with Gasteiger partial charge >= 0.3 is 0 Å². The molecule has 0 unspecified atom stereocenters. The molecule has 0 bridgehead atoms. The lowest BCUT2D eigenvalue weighted by Crippen LogP contribution is -2.22. The second-order valence-electron chi connectivity index (χ2n) is 3.40. The first kappa shape index (κ1) is 12.1. The van der Waals surface area contributed by atoms with Crippen LogP contribution < -0.4 is 5.32 Å². The Morgan fingerprint density at radius 3 is 2.94 bits per heavy atom. The van der Waals surface area contributed by atoms with Crippen LogP contribution in [0.5, 0.6) is 0 Å². The van der Waals surface area contributed by atoms with Gasteiger partial charge in [-0.1, -0.05) is 17.7 Å². The van der Waals surface area contributed by atoms with Crippen molar-refractivity contribution in [2.75, 3.05) is 0 Å². The molecule has 88 valence electrons. The molecule has 0 atom stereocenters. The summed E-state index contributed by atoms with van der Waals surface area (Å²) in [7, 11) is 0. The van der Waals surface area contributed by atoms with E-state index in [4.69, 9.17) is 11.6 Å². The highest BCUT2D eigenvalue weighted by atomic mass is 35.5. The van der Waals surface area contributed by atoms with Crippen molar-refractivity contribution in [3.05, 3.63) is 57.0 Å². The minimum Gasteiger partial charge on any atom is -0.347 e. The smallest absolute Gasteiger partial charge is 0.261 e. The maximum absolute atomic E-state index is 13.4. The number of carbonyl (C=O) groups is 1. The predicted molar refractivity (Wildman–Crippen MR) is 66.9 cm³/mol. The third kappa shape index (κ3) is 3.05. The molecule has 2 nitrogen and oxygen atoms in total. The van der Waals surface area contributed by atoms with Crippen molar-refractivity contribution in [1.82, 2.24) is 5.32 Å². The summed E-state index contributed by atoms with van der Waals surface area (Å²) in [6, 6.07) is 7.77. The minimum atomic E-state index is -0.374. The van der Waals surface area contributed by atoms with Crippen molar-refractivity contribution in [2.45, 2.75) is 6.54 Å². The molecule has 1 amide bonds. The van der Waals surface area contributed by atoms with E-state index < -0.39 is 0 Å². The van der Waals surface area contributed by atoms with Gasteiger partial charge in [-0.2, -0.15) is 0 Å². The van der Waals surface area contributed by atoms with Crippen LogP contribution >= 0.6 is 22.9 Å². The Hall–Kier alpha value is -1.39. The Morgan fingerprint density at radius 1 is 1.41 bits per heavy atom. The van der Waals surface area contributed by atoms with Gasteiger partial charge in [-0.25, -0.2) is 4.39 Å². The summed E-state index contributed by atoms with van der Waals surface area (Å²) < 4.78 is 13.4. The summed E-state index contributed by atoms with van der Waals surface area (Å²) in [5.74, 6) is -0.583. The zero-order valence-electron chi connectivity index (χ0n) is 8.74. The molecule has 5 heteroatoms. The number of carbonyl (C=O) groups excluding carboxylic acids is 1. The monoisotopic (exact) mass is 269 g/mol. The van der Waals surface area contributed by atoms with E-state index in [0.29, 0.717) is 15.5 Å². The molecular formula is C12H9ClFNOS. The molecule has 0 fully saturated rings. The van der Waals surface area contributed by atoms with Crippen molar-refractivity contribution < 1.29 is 9.18 Å². The van der Waals surface area contributed by atoms with Crippen molar-refractivity contribution in [2.24, 2.45) is 0 Å². The SMILES string of the molecule is O=C(NCc1cc(Cl)ccc1F)c1cccs1. The van der Waals surface area contributed by atoms with Gasteiger partial charge in [0.1, 0.15) is 5.82 Å². The van der Waals surface area contributed by atoms with Gasteiger partial charge in [-0.15, -0.1) is 11.3 Å². The van der Waals surface area contributed by atoms with E-state index in [9.17, 15) is 9.18 Å². The first-order chi connectivity index (χ1) is 8.16. The number of benzene rings is 1. The highest BCUT2D eigenvalue weighted by Gasteiger charge is 2.08. The molecule has 1 aromatic heterocycles. The standard InChI is InChI=1S/C12H9ClFNOS/c13-9-3-4-10(14)8(6-9)7-15-12(16)11-2-1-5-17-11/h1-6H,7H2,(H,15,16). The summed E-state index contributed by atoms with van der Waals surface area (Å²) in [4.78, 5) is 12.2. The summed E-state index contributed by atoms with van der Waals surface area (Å²) >= 11 is 7.10. The van der Waals surface area contributed by atoms with Gasteiger partial charge in [0.05, 0.1) is 4.88 Å². The number of thiophene rings is 1. The third-order valence-corrected chi connectivity index (χ3v) is 3.30. The maximum Gasteiger partial charge on any atom is 0.261 e. The molecule has 1 aromatic carbocycles. The van der Waals surface area contributed by atoms with Crippen LogP contribution in [0.15, 0.2) is 35.7 Å². The molecule has 1 heterocycles. The molecule has 1 N–H and O–H groups in total. The Kier molecular flexibility index (Phi) is 3.76. The van der Waals surface area contributed by atoms with E-state index in [-0.39, 0.29) is 18.3 Å². The van der Waals surface area contributed by atoms with Crippen molar-refractivity contribution >= 4 is 28.8 Å². The van der Waals surface area contributed by atoms with Gasteiger partial charge in [-0.3, -0.25) is 4.79 Å². The molecule has 2 aromatic rings. The normalized spacial score (nSPS) is 10.2. The predicted octanol–water partition coefficient (Wildman–Crippen LogP) is 3.47. The summed E-state index contributed by atoms with van der Waals surface area (Å²) in [6.07, 6.45) is 0. The lowest BCUT2D eigenvalue weighted by Gasteiger charge is -2.05. The van der Waals surface area contributed by atoms with Crippen LogP contribution in [0.2, 0.25) is 5.02 Å². The molecule has 0 aliphatic rings. The quantitative estimate of drug-likeness (QED) is 0.908. The molecule has 0 saturated carbocycles. The number of rotatable bonds is 3. The first-order valence-corrected chi connectivity index (χ1v) is 6.18. The fourth-order valence-electron chi connectivity index (χ4n) is 1.35. The van der Waals surface area contributed by atoms with Gasteiger partial charge in [0, 0.05) is 17.1 Å². The van der Waals surface area contributed by atoms with Gasteiger partial charge in [-0.05, 0) is 29.6 Å². The molecule has 0 aliphatic heterocycles. The number of hydrogen-bond acceptors (Lipinski definition) is 2. The van der Waals surface area contributed by atoms with Gasteiger partial charge < -0.3 is 5.32 Å². The van der Waals surface area contributed by atoms with Crippen molar-refractivity contribution in [3.8, 4) is 0 Å². The fraction of sp³-hybridized carbons (Fsp3) is 0.0833. The van der Waals surface area contributed by atoms with E-state index in [1.807, 2.05) is 5.38 Å². The first-order valence-electron chi connectivity index (χ1n) is 4.92. The van der Waals surface area contributed by atoms with Gasteiger partial charge in [0.25, 0.3) is 5.91 Å². The average molecular weight is 270 g/mol. The summed E-state index contributed by atoms with van der Waals surface area (Å²) in [5, 5.41) is 4.91. The molecule has 0 spiro atoms. The van der Waals surface area contributed by atoms with Crippen LogP contribution in [-0.2, 0) is 6.54 Å². The molecular weight excluding hydrogens is 261 g/mol. The molecule has 0 aliphatic carbocycles.